The zero-order valence-electron chi connectivity index (χ0n) is 8.95. The Kier molecular flexibility index (Phi) is 6.44. The van der Waals surface area contributed by atoms with Gasteiger partial charge in [-0.25, -0.2) is 8.42 Å². The lowest BCUT2D eigenvalue weighted by Gasteiger charge is -2.03. The van der Waals surface area contributed by atoms with Crippen molar-refractivity contribution in [2.45, 2.75) is 20.3 Å². The topological polar surface area (TPSA) is 51.2 Å². The highest BCUT2D eigenvalue weighted by atomic mass is 32.2. The summed E-state index contributed by atoms with van der Waals surface area (Å²) in [6.45, 7) is 4.18. The molecule has 0 aromatic heterocycles. The molecule has 0 rings (SSSR count). The maximum atomic E-state index is 11.2. The second-order valence-electron chi connectivity index (χ2n) is 3.83. The van der Waals surface area contributed by atoms with Crippen molar-refractivity contribution in [3.63, 3.8) is 0 Å². The van der Waals surface area contributed by atoms with Crippen LogP contribution in [0.3, 0.4) is 0 Å². The van der Waals surface area contributed by atoms with Crippen LogP contribution in [0.1, 0.15) is 20.3 Å². The van der Waals surface area contributed by atoms with Crippen molar-refractivity contribution in [3.8, 4) is 0 Å². The Labute approximate surface area is 90.6 Å². The second-order valence-corrected chi connectivity index (χ2v) is 7.12. The molecule has 0 amide bonds. The Hall–Kier alpha value is -0.0300. The molecular formula is C9H18O3S2. The van der Waals surface area contributed by atoms with Gasteiger partial charge in [0.25, 0.3) is 0 Å². The molecular weight excluding hydrogens is 220 g/mol. The van der Waals surface area contributed by atoms with Crippen LogP contribution in [0, 0.1) is 5.92 Å². The van der Waals surface area contributed by atoms with E-state index in [2.05, 4.69) is 13.8 Å². The smallest absolute Gasteiger partial charge is 0.147 e. The monoisotopic (exact) mass is 238 g/mol. The average molecular weight is 238 g/mol. The summed E-state index contributed by atoms with van der Waals surface area (Å²) in [5.41, 5.74) is 0. The molecule has 0 N–H and O–H groups in total. The Morgan fingerprint density at radius 3 is 2.36 bits per heavy atom. The fraction of sp³-hybridized carbons (Fsp3) is 0.889. The van der Waals surface area contributed by atoms with E-state index in [-0.39, 0.29) is 18.0 Å². The molecule has 0 aliphatic heterocycles. The minimum Gasteiger partial charge on any atom is -0.299 e. The molecule has 0 unspecified atom stereocenters. The Balaban J connectivity index is 3.57. The largest absolute Gasteiger partial charge is 0.299 e. The lowest BCUT2D eigenvalue weighted by molar-refractivity contribution is -0.116. The van der Waals surface area contributed by atoms with Gasteiger partial charge in [-0.1, -0.05) is 13.8 Å². The first-order valence-electron chi connectivity index (χ1n) is 4.58. The molecule has 0 saturated heterocycles. The predicted octanol–water partition coefficient (Wildman–Crippen LogP) is 1.38. The third-order valence-corrected chi connectivity index (χ3v) is 3.84. The number of carbonyl (C=O) groups excluding carboxylic acids is 1. The summed E-state index contributed by atoms with van der Waals surface area (Å²) in [5, 5.41) is 0. The van der Waals surface area contributed by atoms with E-state index in [0.29, 0.717) is 11.7 Å². The third kappa shape index (κ3) is 10.1. The van der Waals surface area contributed by atoms with Crippen LogP contribution in [-0.2, 0) is 14.6 Å². The lowest BCUT2D eigenvalue weighted by atomic mass is 10.3. The molecule has 0 radical (unpaired) electrons. The van der Waals surface area contributed by atoms with E-state index in [9.17, 15) is 13.2 Å². The molecule has 14 heavy (non-hydrogen) atoms. The second kappa shape index (κ2) is 6.45. The molecule has 84 valence electrons. The molecule has 0 heterocycles. The van der Waals surface area contributed by atoms with Crippen LogP contribution < -0.4 is 0 Å². The van der Waals surface area contributed by atoms with Crippen LogP contribution in [0.5, 0.6) is 0 Å². The van der Waals surface area contributed by atoms with Gasteiger partial charge in [-0.15, -0.1) is 0 Å². The van der Waals surface area contributed by atoms with E-state index in [0.717, 1.165) is 12.0 Å². The summed E-state index contributed by atoms with van der Waals surface area (Å²) in [5.74, 6) is 1.97. The van der Waals surface area contributed by atoms with Crippen molar-refractivity contribution in [2.75, 3.05) is 23.5 Å². The first-order valence-corrected chi connectivity index (χ1v) is 7.80. The molecule has 5 heteroatoms. The van der Waals surface area contributed by atoms with Gasteiger partial charge in [0.05, 0.1) is 11.5 Å². The van der Waals surface area contributed by atoms with Crippen LogP contribution in [0.4, 0.5) is 0 Å². The van der Waals surface area contributed by atoms with Gasteiger partial charge in [-0.3, -0.25) is 4.79 Å². The number of thioether (sulfide) groups is 1. The van der Waals surface area contributed by atoms with Gasteiger partial charge < -0.3 is 0 Å². The van der Waals surface area contributed by atoms with Gasteiger partial charge in [0.2, 0.25) is 0 Å². The number of hydrogen-bond donors (Lipinski definition) is 0. The van der Waals surface area contributed by atoms with Crippen molar-refractivity contribution < 1.29 is 13.2 Å². The van der Waals surface area contributed by atoms with Gasteiger partial charge in [-0.2, -0.15) is 11.8 Å². The van der Waals surface area contributed by atoms with Gasteiger partial charge in [0.15, 0.2) is 0 Å². The quantitative estimate of drug-likeness (QED) is 0.672. The standard InChI is InChI=1S/C9H18O3S2/c1-8(2)6-13-7-9(10)4-5-14(3,11)12/h8H,4-7H2,1-3H3. The van der Waals surface area contributed by atoms with Crippen LogP contribution in [0.2, 0.25) is 0 Å². The number of Topliss-reactive ketones (excluding diaryl/α,β-unsaturated/α-hetero) is 1. The SMILES string of the molecule is CC(C)CSCC(=O)CCS(C)(=O)=O. The highest BCUT2D eigenvalue weighted by Crippen LogP contribution is 2.08. The molecule has 0 saturated carbocycles. The maximum absolute atomic E-state index is 11.2. The number of sulfone groups is 1. The maximum Gasteiger partial charge on any atom is 0.147 e. The molecule has 0 aromatic carbocycles. The van der Waals surface area contributed by atoms with Crippen LogP contribution in [-0.4, -0.2) is 37.7 Å². The van der Waals surface area contributed by atoms with E-state index in [1.807, 2.05) is 0 Å². The summed E-state index contributed by atoms with van der Waals surface area (Å²) >= 11 is 1.58. The van der Waals surface area contributed by atoms with Crippen molar-refractivity contribution >= 4 is 27.4 Å². The van der Waals surface area contributed by atoms with Crippen molar-refractivity contribution in [1.82, 2.24) is 0 Å². The van der Waals surface area contributed by atoms with Crippen molar-refractivity contribution in [2.24, 2.45) is 5.92 Å². The Morgan fingerprint density at radius 1 is 1.36 bits per heavy atom. The summed E-state index contributed by atoms with van der Waals surface area (Å²) in [6, 6.07) is 0. The lowest BCUT2D eigenvalue weighted by Crippen LogP contribution is -2.11. The molecule has 0 spiro atoms. The molecule has 0 bridgehead atoms. The molecule has 0 atom stereocenters. The van der Waals surface area contributed by atoms with E-state index >= 15 is 0 Å². The molecule has 0 aliphatic carbocycles. The molecule has 0 fully saturated rings. The first-order chi connectivity index (χ1) is 6.31. The number of hydrogen-bond acceptors (Lipinski definition) is 4. The molecule has 0 aliphatic rings. The number of ketones is 1. The summed E-state index contributed by atoms with van der Waals surface area (Å²) < 4.78 is 21.5. The highest BCUT2D eigenvalue weighted by molar-refractivity contribution is 7.99. The van der Waals surface area contributed by atoms with Crippen molar-refractivity contribution in [3.05, 3.63) is 0 Å². The summed E-state index contributed by atoms with van der Waals surface area (Å²) in [4.78, 5) is 11.2. The minimum absolute atomic E-state index is 0.0198. The average Bonchev–Trinajstić information content (AvgIpc) is 1.99. The highest BCUT2D eigenvalue weighted by Gasteiger charge is 2.08. The van der Waals surface area contributed by atoms with Crippen LogP contribution in [0.15, 0.2) is 0 Å². The van der Waals surface area contributed by atoms with E-state index < -0.39 is 9.84 Å². The molecule has 0 aromatic rings. The summed E-state index contributed by atoms with van der Waals surface area (Å²) in [6.07, 6.45) is 1.31. The zero-order valence-corrected chi connectivity index (χ0v) is 10.6. The van der Waals surface area contributed by atoms with Gasteiger partial charge in [0, 0.05) is 12.7 Å². The van der Waals surface area contributed by atoms with Crippen LogP contribution in [0.25, 0.3) is 0 Å². The fourth-order valence-corrected chi connectivity index (χ4v) is 2.34. The first kappa shape index (κ1) is 14.0. The fourth-order valence-electron chi connectivity index (χ4n) is 0.780. The third-order valence-electron chi connectivity index (χ3n) is 1.47. The van der Waals surface area contributed by atoms with Gasteiger partial charge >= 0.3 is 0 Å². The number of carbonyl (C=O) groups is 1. The minimum atomic E-state index is -2.99. The Morgan fingerprint density at radius 2 is 1.93 bits per heavy atom. The van der Waals surface area contributed by atoms with Crippen molar-refractivity contribution in [1.29, 1.82) is 0 Å². The predicted molar refractivity (Wildman–Crippen MR) is 61.5 cm³/mol. The normalized spacial score (nSPS) is 12.0. The summed E-state index contributed by atoms with van der Waals surface area (Å²) in [7, 11) is -2.99. The Bertz CT molecular complexity index is 268. The zero-order chi connectivity index (χ0) is 11.2. The van der Waals surface area contributed by atoms with Crippen LogP contribution >= 0.6 is 11.8 Å². The van der Waals surface area contributed by atoms with Gasteiger partial charge in [0.1, 0.15) is 15.6 Å². The number of rotatable bonds is 7. The van der Waals surface area contributed by atoms with Gasteiger partial charge in [-0.05, 0) is 11.7 Å². The van der Waals surface area contributed by atoms with E-state index in [1.165, 1.54) is 0 Å². The molecule has 3 nitrogen and oxygen atoms in total. The van der Waals surface area contributed by atoms with E-state index in [1.54, 1.807) is 11.8 Å². The van der Waals surface area contributed by atoms with E-state index in [4.69, 9.17) is 0 Å².